The first-order valence-corrected chi connectivity index (χ1v) is 9.92. The molecule has 0 fully saturated rings. The molecule has 0 radical (unpaired) electrons. The first kappa shape index (κ1) is 20.1. The smallest absolute Gasteiger partial charge is 0.243 e. The molecule has 1 N–H and O–H groups in total. The van der Waals surface area contributed by atoms with E-state index in [1.165, 1.54) is 24.8 Å². The molecule has 0 aliphatic heterocycles. The molecule has 1 aromatic heterocycles. The van der Waals surface area contributed by atoms with Gasteiger partial charge in [0.25, 0.3) is 0 Å². The molecule has 0 amide bonds. The summed E-state index contributed by atoms with van der Waals surface area (Å²) in [4.78, 5) is 9.17. The normalized spacial score (nSPS) is 11.6. The molecule has 1 aromatic carbocycles. The van der Waals surface area contributed by atoms with Gasteiger partial charge >= 0.3 is 0 Å². The van der Waals surface area contributed by atoms with Crippen LogP contribution in [0.25, 0.3) is 0 Å². The van der Waals surface area contributed by atoms with Crippen molar-refractivity contribution in [2.24, 2.45) is 5.10 Å². The summed E-state index contributed by atoms with van der Waals surface area (Å²) >= 11 is 0. The van der Waals surface area contributed by atoms with Gasteiger partial charge in [0.15, 0.2) is 0 Å². The fourth-order valence-electron chi connectivity index (χ4n) is 2.80. The zero-order valence-corrected chi connectivity index (χ0v) is 16.7. The van der Waals surface area contributed by atoms with Gasteiger partial charge in [0, 0.05) is 11.4 Å². The fraction of sp³-hybridized carbons (Fsp3) is 0.500. The summed E-state index contributed by atoms with van der Waals surface area (Å²) in [5.74, 6) is 0.594. The van der Waals surface area contributed by atoms with Gasteiger partial charge in [-0.05, 0) is 62.3 Å². The molecule has 140 valence electrons. The number of rotatable bonds is 10. The van der Waals surface area contributed by atoms with Crippen LogP contribution < -0.4 is 5.43 Å². The summed E-state index contributed by atoms with van der Waals surface area (Å²) in [7, 11) is 0. The Morgan fingerprint density at radius 2 is 1.69 bits per heavy atom. The highest BCUT2D eigenvalue weighted by Gasteiger charge is 2.04. The summed E-state index contributed by atoms with van der Waals surface area (Å²) < 4.78 is 0. The molecular weight excluding hydrogens is 320 g/mol. The van der Waals surface area contributed by atoms with E-state index in [0.717, 1.165) is 48.3 Å². The molecule has 0 aliphatic carbocycles. The zero-order chi connectivity index (χ0) is 18.8. The van der Waals surface area contributed by atoms with E-state index in [-0.39, 0.29) is 0 Å². The standard InChI is InChI=1S/C22H32N4/c1-5-8-11-18-12-10-13-19(15-18)17(4)25-26-22-23-20(7-3)16-21(24-22)14-9-6-2/h10,12-13,15-16H,5-9,11,14H2,1-4H3,(H,23,24,26). The predicted molar refractivity (Wildman–Crippen MR) is 111 cm³/mol. The maximum atomic E-state index is 4.61. The Balaban J connectivity index is 2.12. The molecule has 0 aliphatic rings. The molecule has 0 saturated heterocycles. The molecule has 0 atom stereocenters. The SMILES string of the molecule is CCCCc1cccc(C(C)=NNc2nc(CC)cc(CCCC)n2)c1. The van der Waals surface area contributed by atoms with Crippen LogP contribution in [0.2, 0.25) is 0 Å². The topological polar surface area (TPSA) is 50.2 Å². The van der Waals surface area contributed by atoms with Crippen molar-refractivity contribution in [2.45, 2.75) is 72.6 Å². The van der Waals surface area contributed by atoms with Gasteiger partial charge in [-0.2, -0.15) is 5.10 Å². The molecule has 0 saturated carbocycles. The van der Waals surface area contributed by atoms with Crippen LogP contribution in [-0.4, -0.2) is 15.7 Å². The first-order valence-electron chi connectivity index (χ1n) is 9.92. The van der Waals surface area contributed by atoms with Gasteiger partial charge < -0.3 is 0 Å². The number of hydrazone groups is 1. The third-order valence-electron chi connectivity index (χ3n) is 4.47. The van der Waals surface area contributed by atoms with Crippen LogP contribution in [0, 0.1) is 0 Å². The Morgan fingerprint density at radius 1 is 0.962 bits per heavy atom. The van der Waals surface area contributed by atoms with Gasteiger partial charge in [0.05, 0.1) is 5.71 Å². The van der Waals surface area contributed by atoms with E-state index in [9.17, 15) is 0 Å². The average molecular weight is 353 g/mol. The van der Waals surface area contributed by atoms with Crippen molar-refractivity contribution in [3.63, 3.8) is 0 Å². The highest BCUT2D eigenvalue weighted by molar-refractivity contribution is 5.99. The second kappa shape index (κ2) is 10.7. The summed E-state index contributed by atoms with van der Waals surface area (Å²) in [5.41, 5.74) is 8.67. The third kappa shape index (κ3) is 6.25. The van der Waals surface area contributed by atoms with Crippen LogP contribution in [0.5, 0.6) is 0 Å². The van der Waals surface area contributed by atoms with E-state index in [1.54, 1.807) is 0 Å². The lowest BCUT2D eigenvalue weighted by Crippen LogP contribution is -2.06. The number of aryl methyl sites for hydroxylation is 3. The van der Waals surface area contributed by atoms with Crippen molar-refractivity contribution in [3.8, 4) is 0 Å². The van der Waals surface area contributed by atoms with Crippen molar-refractivity contribution in [1.29, 1.82) is 0 Å². The van der Waals surface area contributed by atoms with Crippen molar-refractivity contribution < 1.29 is 0 Å². The molecule has 4 nitrogen and oxygen atoms in total. The average Bonchev–Trinajstić information content (AvgIpc) is 2.68. The summed E-state index contributed by atoms with van der Waals surface area (Å²) in [6.45, 7) is 8.56. The number of aromatic nitrogens is 2. The Hall–Kier alpha value is -2.23. The lowest BCUT2D eigenvalue weighted by molar-refractivity contribution is 0.769. The number of hydrogen-bond acceptors (Lipinski definition) is 4. The highest BCUT2D eigenvalue weighted by Crippen LogP contribution is 2.12. The van der Waals surface area contributed by atoms with Gasteiger partial charge in [-0.15, -0.1) is 0 Å². The minimum atomic E-state index is 0.594. The number of benzene rings is 1. The molecule has 2 rings (SSSR count). The molecule has 26 heavy (non-hydrogen) atoms. The predicted octanol–water partition coefficient (Wildman–Crippen LogP) is 5.56. The number of hydrogen-bond donors (Lipinski definition) is 1. The van der Waals surface area contributed by atoms with Crippen LogP contribution in [0.15, 0.2) is 35.4 Å². The van der Waals surface area contributed by atoms with Gasteiger partial charge in [0.1, 0.15) is 0 Å². The Bertz CT molecular complexity index is 722. The third-order valence-corrected chi connectivity index (χ3v) is 4.47. The van der Waals surface area contributed by atoms with E-state index in [2.05, 4.69) is 71.6 Å². The van der Waals surface area contributed by atoms with E-state index in [4.69, 9.17) is 0 Å². The number of unbranched alkanes of at least 4 members (excludes halogenated alkanes) is 2. The van der Waals surface area contributed by atoms with Crippen LogP contribution in [0.1, 0.15) is 75.9 Å². The van der Waals surface area contributed by atoms with Crippen LogP contribution >= 0.6 is 0 Å². The fourth-order valence-corrected chi connectivity index (χ4v) is 2.80. The van der Waals surface area contributed by atoms with Crippen LogP contribution in [0.3, 0.4) is 0 Å². The molecule has 1 heterocycles. The minimum absolute atomic E-state index is 0.594. The number of anilines is 1. The second-order valence-electron chi connectivity index (χ2n) is 6.74. The van der Waals surface area contributed by atoms with Gasteiger partial charge in [-0.1, -0.05) is 51.8 Å². The summed E-state index contributed by atoms with van der Waals surface area (Å²) in [6, 6.07) is 10.7. The van der Waals surface area contributed by atoms with Gasteiger partial charge in [-0.3, -0.25) is 0 Å². The van der Waals surface area contributed by atoms with E-state index >= 15 is 0 Å². The van der Waals surface area contributed by atoms with E-state index < -0.39 is 0 Å². The number of nitrogens with one attached hydrogen (secondary N) is 1. The van der Waals surface area contributed by atoms with E-state index in [0.29, 0.717) is 5.95 Å². The van der Waals surface area contributed by atoms with Crippen molar-refractivity contribution in [1.82, 2.24) is 9.97 Å². The molecule has 0 unspecified atom stereocenters. The van der Waals surface area contributed by atoms with Gasteiger partial charge in [0.2, 0.25) is 5.95 Å². The largest absolute Gasteiger partial charge is 0.245 e. The molecular formula is C22H32N4. The lowest BCUT2D eigenvalue weighted by atomic mass is 10.0. The maximum Gasteiger partial charge on any atom is 0.243 e. The van der Waals surface area contributed by atoms with E-state index in [1.807, 2.05) is 6.92 Å². The van der Waals surface area contributed by atoms with Crippen molar-refractivity contribution in [2.75, 3.05) is 5.43 Å². The van der Waals surface area contributed by atoms with Crippen LogP contribution in [0.4, 0.5) is 5.95 Å². The summed E-state index contributed by atoms with van der Waals surface area (Å²) in [5, 5.41) is 4.52. The summed E-state index contributed by atoms with van der Waals surface area (Å²) in [6.07, 6.45) is 7.75. The number of nitrogens with zero attached hydrogens (tertiary/aromatic N) is 3. The molecule has 0 spiro atoms. The Kier molecular flexibility index (Phi) is 8.26. The van der Waals surface area contributed by atoms with Crippen molar-refractivity contribution in [3.05, 3.63) is 52.8 Å². The lowest BCUT2D eigenvalue weighted by Gasteiger charge is -2.08. The van der Waals surface area contributed by atoms with Gasteiger partial charge in [-0.25, -0.2) is 15.4 Å². The quantitative estimate of drug-likeness (QED) is 0.450. The maximum absolute atomic E-state index is 4.61. The molecule has 2 aromatic rings. The Labute approximate surface area is 158 Å². The minimum Gasteiger partial charge on any atom is -0.245 e. The van der Waals surface area contributed by atoms with Crippen molar-refractivity contribution >= 4 is 11.7 Å². The molecule has 4 heteroatoms. The monoisotopic (exact) mass is 352 g/mol. The second-order valence-corrected chi connectivity index (χ2v) is 6.74. The Morgan fingerprint density at radius 3 is 2.42 bits per heavy atom. The van der Waals surface area contributed by atoms with Crippen LogP contribution in [-0.2, 0) is 19.3 Å². The highest BCUT2D eigenvalue weighted by atomic mass is 15.4. The first-order chi connectivity index (χ1) is 12.7. The zero-order valence-electron chi connectivity index (χ0n) is 16.7. The molecule has 0 bridgehead atoms.